The van der Waals surface area contributed by atoms with Gasteiger partial charge in [0, 0.05) is 12.4 Å². The molecule has 1 aliphatic heterocycles. The van der Waals surface area contributed by atoms with Gasteiger partial charge in [0.1, 0.15) is 5.82 Å². The van der Waals surface area contributed by atoms with Crippen LogP contribution in [-0.4, -0.2) is 21.0 Å². The zero-order chi connectivity index (χ0) is 15.5. The number of nitrogens with zero attached hydrogens (tertiary/aromatic N) is 2. The maximum Gasteiger partial charge on any atom is 0.293 e. The molecule has 3 rings (SSSR count). The second kappa shape index (κ2) is 6.11. The molecule has 2 aromatic rings. The summed E-state index contributed by atoms with van der Waals surface area (Å²) >= 11 is 0.896. The van der Waals surface area contributed by atoms with Crippen molar-refractivity contribution in [3.63, 3.8) is 0 Å². The topological polar surface area (TPSA) is 50.3 Å². The van der Waals surface area contributed by atoms with E-state index < -0.39 is 0 Å². The summed E-state index contributed by atoms with van der Waals surface area (Å²) in [7, 11) is 0. The molecule has 2 amide bonds. The van der Waals surface area contributed by atoms with Crippen molar-refractivity contribution in [3.8, 4) is 0 Å². The highest BCUT2D eigenvalue weighted by Gasteiger charge is 2.34. The smallest absolute Gasteiger partial charge is 0.268 e. The summed E-state index contributed by atoms with van der Waals surface area (Å²) in [4.78, 5) is 29.8. The first kappa shape index (κ1) is 14.5. The number of pyridine rings is 1. The second-order valence-electron chi connectivity index (χ2n) is 4.68. The molecule has 0 N–H and O–H groups in total. The Labute approximate surface area is 130 Å². The SMILES string of the molecule is O=C1S/C(=C\c2cccnc2)C(=O)N1Cc1ccc(F)cc1. The van der Waals surface area contributed by atoms with Crippen LogP contribution in [0.15, 0.2) is 53.7 Å². The third kappa shape index (κ3) is 3.07. The molecule has 0 unspecified atom stereocenters. The van der Waals surface area contributed by atoms with Crippen molar-refractivity contribution < 1.29 is 14.0 Å². The first-order valence-electron chi connectivity index (χ1n) is 6.53. The van der Waals surface area contributed by atoms with Gasteiger partial charge in [-0.1, -0.05) is 18.2 Å². The molecule has 1 aromatic heterocycles. The van der Waals surface area contributed by atoms with Gasteiger partial charge in [-0.2, -0.15) is 0 Å². The number of hydrogen-bond donors (Lipinski definition) is 0. The van der Waals surface area contributed by atoms with Gasteiger partial charge in [-0.3, -0.25) is 19.5 Å². The molecule has 0 spiro atoms. The summed E-state index contributed by atoms with van der Waals surface area (Å²) in [5.74, 6) is -0.697. The summed E-state index contributed by atoms with van der Waals surface area (Å²) in [5, 5.41) is -0.329. The van der Waals surface area contributed by atoms with Crippen molar-refractivity contribution >= 4 is 29.0 Å². The lowest BCUT2D eigenvalue weighted by Crippen LogP contribution is -2.27. The number of rotatable bonds is 3. The molecule has 1 fully saturated rings. The Morgan fingerprint density at radius 1 is 1.18 bits per heavy atom. The van der Waals surface area contributed by atoms with Gasteiger partial charge in [0.25, 0.3) is 11.1 Å². The number of amides is 2. The standard InChI is InChI=1S/C16H11FN2O2S/c17-13-5-3-11(4-6-13)10-19-15(20)14(22-16(19)21)8-12-2-1-7-18-9-12/h1-9H,10H2/b14-8-. The zero-order valence-corrected chi connectivity index (χ0v) is 12.2. The molecule has 110 valence electrons. The first-order valence-corrected chi connectivity index (χ1v) is 7.35. The number of carbonyl (C=O) groups excluding carboxylic acids is 2. The Kier molecular flexibility index (Phi) is 4.02. The van der Waals surface area contributed by atoms with E-state index in [-0.39, 0.29) is 23.5 Å². The van der Waals surface area contributed by atoms with Crippen molar-refractivity contribution in [2.75, 3.05) is 0 Å². The number of carbonyl (C=O) groups is 2. The molecule has 6 heteroatoms. The van der Waals surface area contributed by atoms with E-state index in [1.807, 2.05) is 0 Å². The molecular weight excluding hydrogens is 303 g/mol. The van der Waals surface area contributed by atoms with Crippen LogP contribution in [0.4, 0.5) is 9.18 Å². The van der Waals surface area contributed by atoms with E-state index in [2.05, 4.69) is 4.98 Å². The van der Waals surface area contributed by atoms with Gasteiger partial charge >= 0.3 is 0 Å². The van der Waals surface area contributed by atoms with Crippen LogP contribution in [0.25, 0.3) is 6.08 Å². The van der Waals surface area contributed by atoms with Crippen LogP contribution >= 0.6 is 11.8 Å². The van der Waals surface area contributed by atoms with Crippen molar-refractivity contribution in [2.24, 2.45) is 0 Å². The predicted molar refractivity (Wildman–Crippen MR) is 82.2 cm³/mol. The average Bonchev–Trinajstić information content (AvgIpc) is 2.78. The summed E-state index contributed by atoms with van der Waals surface area (Å²) in [6, 6.07) is 9.29. The maximum atomic E-state index is 12.9. The molecule has 1 aromatic carbocycles. The predicted octanol–water partition coefficient (Wildman–Crippen LogP) is 3.46. The van der Waals surface area contributed by atoms with E-state index >= 15 is 0 Å². The molecule has 4 nitrogen and oxygen atoms in total. The normalized spacial score (nSPS) is 16.6. The number of aromatic nitrogens is 1. The highest BCUT2D eigenvalue weighted by Crippen LogP contribution is 2.33. The number of halogens is 1. The third-order valence-corrected chi connectivity index (χ3v) is 4.02. The van der Waals surface area contributed by atoms with Gasteiger partial charge < -0.3 is 0 Å². The summed E-state index contributed by atoms with van der Waals surface area (Å²) in [6.45, 7) is 0.134. The second-order valence-corrected chi connectivity index (χ2v) is 5.67. The lowest BCUT2D eigenvalue weighted by molar-refractivity contribution is -0.123. The quantitative estimate of drug-likeness (QED) is 0.814. The minimum Gasteiger partial charge on any atom is -0.268 e. The highest BCUT2D eigenvalue weighted by molar-refractivity contribution is 8.18. The van der Waals surface area contributed by atoms with Crippen LogP contribution in [0.1, 0.15) is 11.1 Å². The molecule has 0 saturated carbocycles. The van der Waals surface area contributed by atoms with Crippen LogP contribution in [0.5, 0.6) is 0 Å². The van der Waals surface area contributed by atoms with E-state index in [0.29, 0.717) is 10.5 Å². The molecule has 0 aliphatic carbocycles. The third-order valence-electron chi connectivity index (χ3n) is 3.11. The number of imide groups is 1. The molecule has 0 radical (unpaired) electrons. The van der Waals surface area contributed by atoms with Crippen molar-refractivity contribution in [1.82, 2.24) is 9.88 Å². The van der Waals surface area contributed by atoms with Gasteiger partial charge in [0.05, 0.1) is 11.4 Å². The molecule has 1 aliphatic rings. The number of thioether (sulfide) groups is 1. The van der Waals surface area contributed by atoms with Gasteiger partial charge in [0.2, 0.25) is 0 Å². The molecule has 0 atom stereocenters. The summed E-state index contributed by atoms with van der Waals surface area (Å²) in [6.07, 6.45) is 4.90. The molecule has 22 heavy (non-hydrogen) atoms. The van der Waals surface area contributed by atoms with Crippen molar-refractivity contribution in [3.05, 3.63) is 70.6 Å². The lowest BCUT2D eigenvalue weighted by atomic mass is 10.2. The summed E-state index contributed by atoms with van der Waals surface area (Å²) < 4.78 is 12.9. The fraction of sp³-hybridized carbons (Fsp3) is 0.0625. The largest absolute Gasteiger partial charge is 0.293 e. The number of hydrogen-bond acceptors (Lipinski definition) is 4. The summed E-state index contributed by atoms with van der Waals surface area (Å²) in [5.41, 5.74) is 1.46. The minimum absolute atomic E-state index is 0.134. The van der Waals surface area contributed by atoms with Crippen LogP contribution in [-0.2, 0) is 11.3 Å². The highest BCUT2D eigenvalue weighted by atomic mass is 32.2. The first-order chi connectivity index (χ1) is 10.6. The zero-order valence-electron chi connectivity index (χ0n) is 11.4. The Morgan fingerprint density at radius 3 is 2.64 bits per heavy atom. The van der Waals surface area contributed by atoms with E-state index in [0.717, 1.165) is 22.2 Å². The van der Waals surface area contributed by atoms with Crippen LogP contribution in [0, 0.1) is 5.82 Å². The van der Waals surface area contributed by atoms with Gasteiger partial charge in [-0.05, 0) is 47.2 Å². The van der Waals surface area contributed by atoms with E-state index in [4.69, 9.17) is 0 Å². The van der Waals surface area contributed by atoms with E-state index in [9.17, 15) is 14.0 Å². The Hall–Kier alpha value is -2.47. The number of benzene rings is 1. The lowest BCUT2D eigenvalue weighted by Gasteiger charge is -2.12. The Balaban J connectivity index is 1.80. The average molecular weight is 314 g/mol. The Bertz CT molecular complexity index is 745. The maximum absolute atomic E-state index is 12.9. The van der Waals surface area contributed by atoms with Crippen LogP contribution < -0.4 is 0 Å². The van der Waals surface area contributed by atoms with Crippen molar-refractivity contribution in [2.45, 2.75) is 6.54 Å². The minimum atomic E-state index is -0.352. The fourth-order valence-electron chi connectivity index (χ4n) is 2.02. The molecule has 0 bridgehead atoms. The van der Waals surface area contributed by atoms with Gasteiger partial charge in [-0.25, -0.2) is 4.39 Å². The van der Waals surface area contributed by atoms with Gasteiger partial charge in [0.15, 0.2) is 0 Å². The van der Waals surface area contributed by atoms with Crippen molar-refractivity contribution in [1.29, 1.82) is 0 Å². The molecule has 1 saturated heterocycles. The van der Waals surface area contributed by atoms with Crippen LogP contribution in [0.3, 0.4) is 0 Å². The fourth-order valence-corrected chi connectivity index (χ4v) is 2.86. The monoisotopic (exact) mass is 314 g/mol. The van der Waals surface area contributed by atoms with E-state index in [1.165, 1.54) is 12.1 Å². The van der Waals surface area contributed by atoms with Gasteiger partial charge in [-0.15, -0.1) is 0 Å². The van der Waals surface area contributed by atoms with Crippen LogP contribution in [0.2, 0.25) is 0 Å². The molecule has 2 heterocycles. The molecular formula is C16H11FN2O2S. The van der Waals surface area contributed by atoms with E-state index in [1.54, 1.807) is 42.7 Å². The Morgan fingerprint density at radius 2 is 1.95 bits per heavy atom.